The van der Waals surface area contributed by atoms with Gasteiger partial charge in [0.1, 0.15) is 0 Å². The van der Waals surface area contributed by atoms with E-state index in [0.717, 1.165) is 11.1 Å². The lowest BCUT2D eigenvalue weighted by molar-refractivity contribution is -0.116. The molecule has 0 bridgehead atoms. The first-order valence-corrected chi connectivity index (χ1v) is 11.3. The van der Waals surface area contributed by atoms with Gasteiger partial charge >= 0.3 is 0 Å². The lowest BCUT2D eigenvalue weighted by atomic mass is 10.1. The van der Waals surface area contributed by atoms with Crippen LogP contribution in [0.2, 0.25) is 5.02 Å². The van der Waals surface area contributed by atoms with Crippen LogP contribution in [0.15, 0.2) is 52.1 Å². The van der Waals surface area contributed by atoms with Gasteiger partial charge in [-0.2, -0.15) is 4.98 Å². The highest BCUT2D eigenvalue weighted by atomic mass is 35.5. The Morgan fingerprint density at radius 2 is 1.97 bits per heavy atom. The Bertz CT molecular complexity index is 1200. The summed E-state index contributed by atoms with van der Waals surface area (Å²) in [4.78, 5) is 21.1. The number of rotatable bonds is 8. The van der Waals surface area contributed by atoms with Gasteiger partial charge in [-0.15, -0.1) is 5.10 Å². The molecule has 8 nitrogen and oxygen atoms in total. The first kappa shape index (κ1) is 22.0. The van der Waals surface area contributed by atoms with Crippen LogP contribution in [0.25, 0.3) is 11.4 Å². The predicted octanol–water partition coefficient (Wildman–Crippen LogP) is 4.99. The zero-order valence-electron chi connectivity index (χ0n) is 17.6. The van der Waals surface area contributed by atoms with Crippen molar-refractivity contribution in [3.05, 3.63) is 70.3 Å². The summed E-state index contributed by atoms with van der Waals surface area (Å²) in [6.07, 6.45) is 0.547. The lowest BCUT2D eigenvalue weighted by Crippen LogP contribution is -2.13. The lowest BCUT2D eigenvalue weighted by Gasteiger charge is -2.09. The van der Waals surface area contributed by atoms with E-state index in [2.05, 4.69) is 30.6 Å². The zero-order chi connectivity index (χ0) is 22.5. The number of para-hydroxylation sites is 1. The van der Waals surface area contributed by atoms with Gasteiger partial charge in [0, 0.05) is 18.4 Å². The van der Waals surface area contributed by atoms with E-state index in [4.69, 9.17) is 16.1 Å². The Morgan fingerprint density at radius 3 is 2.75 bits per heavy atom. The topological polar surface area (TPSA) is 110 Å². The van der Waals surface area contributed by atoms with Crippen LogP contribution in [0.5, 0.6) is 0 Å². The van der Waals surface area contributed by atoms with Gasteiger partial charge in [0.15, 0.2) is 11.6 Å². The number of halogens is 1. The second-order valence-corrected chi connectivity index (χ2v) is 8.56. The quantitative estimate of drug-likeness (QED) is 0.350. The molecule has 0 aliphatic rings. The number of thioether (sulfide) groups is 1. The zero-order valence-corrected chi connectivity index (χ0v) is 19.1. The molecule has 0 saturated heterocycles. The van der Waals surface area contributed by atoms with Gasteiger partial charge in [0.2, 0.25) is 17.0 Å². The molecule has 164 valence electrons. The number of anilines is 1. The fourth-order valence-corrected chi connectivity index (χ4v) is 3.85. The first-order valence-electron chi connectivity index (χ1n) is 9.96. The monoisotopic (exact) mass is 468 g/mol. The van der Waals surface area contributed by atoms with E-state index in [1.807, 2.05) is 50.2 Å². The second-order valence-electron chi connectivity index (χ2n) is 7.21. The number of aryl methyl sites for hydroxylation is 3. The second kappa shape index (κ2) is 9.97. The van der Waals surface area contributed by atoms with Gasteiger partial charge in [-0.3, -0.25) is 9.89 Å². The summed E-state index contributed by atoms with van der Waals surface area (Å²) < 4.78 is 5.26. The van der Waals surface area contributed by atoms with Gasteiger partial charge < -0.3 is 9.84 Å². The molecule has 32 heavy (non-hydrogen) atoms. The van der Waals surface area contributed by atoms with Crippen molar-refractivity contribution < 1.29 is 9.32 Å². The maximum absolute atomic E-state index is 12.3. The van der Waals surface area contributed by atoms with E-state index in [9.17, 15) is 4.79 Å². The smallest absolute Gasteiger partial charge is 0.227 e. The van der Waals surface area contributed by atoms with Gasteiger partial charge in [0.25, 0.3) is 0 Å². The molecular weight excluding hydrogens is 448 g/mol. The van der Waals surface area contributed by atoms with Crippen LogP contribution >= 0.6 is 23.4 Å². The minimum atomic E-state index is -0.167. The third-order valence-corrected chi connectivity index (χ3v) is 5.84. The number of carbonyl (C=O) groups is 1. The highest BCUT2D eigenvalue weighted by molar-refractivity contribution is 7.98. The minimum absolute atomic E-state index is 0.167. The molecular formula is C22H21ClN6O2S. The highest BCUT2D eigenvalue weighted by Crippen LogP contribution is 2.25. The Labute approximate surface area is 194 Å². The average molecular weight is 469 g/mol. The number of benzene rings is 2. The van der Waals surface area contributed by atoms with E-state index in [0.29, 0.717) is 45.6 Å². The van der Waals surface area contributed by atoms with Crippen LogP contribution in [0.3, 0.4) is 0 Å². The van der Waals surface area contributed by atoms with Crippen LogP contribution in [0.4, 0.5) is 5.69 Å². The minimum Gasteiger partial charge on any atom is -0.339 e. The normalized spacial score (nSPS) is 11.0. The Morgan fingerprint density at radius 1 is 1.16 bits per heavy atom. The van der Waals surface area contributed by atoms with Crippen molar-refractivity contribution in [2.45, 2.75) is 37.6 Å². The fourth-order valence-electron chi connectivity index (χ4n) is 2.94. The average Bonchev–Trinajstić information content (AvgIpc) is 3.44. The number of nitrogens with one attached hydrogen (secondary N) is 2. The van der Waals surface area contributed by atoms with Crippen molar-refractivity contribution in [1.29, 1.82) is 0 Å². The number of aromatic nitrogens is 5. The van der Waals surface area contributed by atoms with Crippen LogP contribution in [0.1, 0.15) is 29.3 Å². The van der Waals surface area contributed by atoms with Crippen LogP contribution in [-0.2, 0) is 17.0 Å². The number of nitrogens with zero attached hydrogens (tertiary/aromatic N) is 4. The summed E-state index contributed by atoms with van der Waals surface area (Å²) >= 11 is 7.55. The SMILES string of the molecule is Cc1ccc(-c2nc(SCc3noc(CCC(=O)Nc4c(C)cccc4Cl)n3)n[nH]2)cc1. The van der Waals surface area contributed by atoms with Crippen LogP contribution < -0.4 is 5.32 Å². The molecule has 4 aromatic rings. The van der Waals surface area contributed by atoms with Crippen molar-refractivity contribution in [1.82, 2.24) is 25.3 Å². The molecule has 2 aromatic carbocycles. The summed E-state index contributed by atoms with van der Waals surface area (Å²) in [5.74, 6) is 1.93. The molecule has 2 heterocycles. The van der Waals surface area contributed by atoms with Gasteiger partial charge in [-0.05, 0) is 25.5 Å². The molecule has 2 aromatic heterocycles. The molecule has 2 N–H and O–H groups in total. The van der Waals surface area contributed by atoms with Gasteiger partial charge in [-0.1, -0.05) is 70.5 Å². The molecule has 0 fully saturated rings. The largest absolute Gasteiger partial charge is 0.339 e. The summed E-state index contributed by atoms with van der Waals surface area (Å²) in [6, 6.07) is 13.5. The summed E-state index contributed by atoms with van der Waals surface area (Å²) in [5, 5.41) is 15.1. The number of H-pyrrole nitrogens is 1. The number of amides is 1. The summed E-state index contributed by atoms with van der Waals surface area (Å²) in [6.45, 7) is 3.93. The van der Waals surface area contributed by atoms with E-state index in [1.54, 1.807) is 6.07 Å². The molecule has 0 saturated carbocycles. The van der Waals surface area contributed by atoms with Crippen molar-refractivity contribution in [3.63, 3.8) is 0 Å². The van der Waals surface area contributed by atoms with Gasteiger partial charge in [-0.25, -0.2) is 4.98 Å². The maximum Gasteiger partial charge on any atom is 0.227 e. The molecule has 1 amide bonds. The highest BCUT2D eigenvalue weighted by Gasteiger charge is 2.13. The summed E-state index contributed by atoms with van der Waals surface area (Å²) in [5.41, 5.74) is 3.69. The van der Waals surface area contributed by atoms with Crippen molar-refractivity contribution in [2.75, 3.05) is 5.32 Å². The summed E-state index contributed by atoms with van der Waals surface area (Å²) in [7, 11) is 0. The number of hydrogen-bond donors (Lipinski definition) is 2. The third kappa shape index (κ3) is 5.54. The first-order chi connectivity index (χ1) is 15.5. The van der Waals surface area contributed by atoms with E-state index in [-0.39, 0.29) is 12.3 Å². The number of hydrogen-bond acceptors (Lipinski definition) is 7. The molecule has 0 aliphatic heterocycles. The molecule has 0 radical (unpaired) electrons. The molecule has 0 spiro atoms. The van der Waals surface area contributed by atoms with Crippen molar-refractivity contribution >= 4 is 35.0 Å². The van der Waals surface area contributed by atoms with Crippen LogP contribution in [-0.4, -0.2) is 31.2 Å². The molecule has 0 atom stereocenters. The maximum atomic E-state index is 12.3. The van der Waals surface area contributed by atoms with E-state index >= 15 is 0 Å². The molecule has 4 rings (SSSR count). The van der Waals surface area contributed by atoms with Crippen molar-refractivity contribution in [2.24, 2.45) is 0 Å². The Balaban J connectivity index is 1.27. The standard InChI is InChI=1S/C22H21ClN6O2S/c1-13-6-8-15(9-7-13)21-26-22(28-27-21)32-12-17-24-19(31-29-17)11-10-18(30)25-20-14(2)4-3-5-16(20)23/h3-9H,10-12H2,1-2H3,(H,25,30)(H,26,27,28). The van der Waals surface area contributed by atoms with Crippen LogP contribution in [0, 0.1) is 13.8 Å². The molecule has 0 unspecified atom stereocenters. The van der Waals surface area contributed by atoms with Crippen molar-refractivity contribution in [3.8, 4) is 11.4 Å². The Hall–Kier alpha value is -3.17. The van der Waals surface area contributed by atoms with E-state index in [1.165, 1.54) is 17.3 Å². The van der Waals surface area contributed by atoms with E-state index < -0.39 is 0 Å². The fraction of sp³-hybridized carbons (Fsp3) is 0.227. The van der Waals surface area contributed by atoms with Gasteiger partial charge in [0.05, 0.1) is 16.5 Å². The number of carbonyl (C=O) groups excluding carboxylic acids is 1. The predicted molar refractivity (Wildman–Crippen MR) is 124 cm³/mol. The molecule has 0 aliphatic carbocycles. The Kier molecular flexibility index (Phi) is 6.87. The third-order valence-electron chi connectivity index (χ3n) is 4.68. The molecule has 10 heteroatoms. The number of aromatic amines is 1.